The summed E-state index contributed by atoms with van der Waals surface area (Å²) in [6.07, 6.45) is -0.705. The van der Waals surface area contributed by atoms with Crippen molar-refractivity contribution in [3.8, 4) is 0 Å². The van der Waals surface area contributed by atoms with Gasteiger partial charge < -0.3 is 35.7 Å². The van der Waals surface area contributed by atoms with Gasteiger partial charge in [0.2, 0.25) is 6.02 Å². The molecule has 6 N–H and O–H groups in total. The number of methoxy groups -OCH3 is 2. The van der Waals surface area contributed by atoms with Gasteiger partial charge in [-0.2, -0.15) is 0 Å². The summed E-state index contributed by atoms with van der Waals surface area (Å²) in [5.41, 5.74) is 0. The van der Waals surface area contributed by atoms with Crippen LogP contribution in [0.15, 0.2) is 9.98 Å². The molecule has 2 aliphatic rings. The number of nitrogens with one attached hydrogen (secondary N) is 6. The number of hydrogen-bond donors (Lipinski definition) is 6. The maximum atomic E-state index is 5.22. The zero-order valence-electron chi connectivity index (χ0n) is 22.3. The first-order valence-electron chi connectivity index (χ1n) is 11.5. The SMILES string of the molecule is COC1=NC(NC(C)C)[N-]C(=NC(C)C)N1.COC1[N-]C(NC(C)C)NC(NC(C)C)N1.[Cl][Ni+2][Cl]. The van der Waals surface area contributed by atoms with Crippen LogP contribution in [-0.4, -0.2) is 75.6 Å². The van der Waals surface area contributed by atoms with E-state index >= 15 is 0 Å². The predicted molar refractivity (Wildman–Crippen MR) is 142 cm³/mol. The van der Waals surface area contributed by atoms with Crippen molar-refractivity contribution < 1.29 is 22.1 Å². The fourth-order valence-electron chi connectivity index (χ4n) is 2.74. The first-order chi connectivity index (χ1) is 16.4. The molecule has 0 bridgehead atoms. The average Bonchev–Trinajstić information content (AvgIpc) is 2.72. The Hall–Kier alpha value is -0.466. The van der Waals surface area contributed by atoms with Gasteiger partial charge in [0.05, 0.1) is 7.11 Å². The van der Waals surface area contributed by atoms with E-state index < -0.39 is 0 Å². The van der Waals surface area contributed by atoms with Crippen LogP contribution in [0.4, 0.5) is 0 Å². The summed E-state index contributed by atoms with van der Waals surface area (Å²) in [5.74, 6) is 0.556. The number of amidine groups is 1. The molecule has 210 valence electrons. The standard InChI is InChI=1S/C10H24N5O.C10H20N5O.2ClH.Ni/c2*1-6(2)11-8-13-9(12-7(3)4)15-10(14-8)16-5;;;/h6-14H,1-5H3;6-8,11H,1-5H3,(H-,12,13,14,15);2*1H;/q2*-1;;;+4/p-2. The molecular formula is C20H44Cl2N10NiO2. The van der Waals surface area contributed by atoms with Gasteiger partial charge in [-0.1, -0.05) is 27.7 Å². The van der Waals surface area contributed by atoms with E-state index in [0.717, 1.165) is 0 Å². The molecule has 0 aromatic rings. The second-order valence-corrected chi connectivity index (χ2v) is 10.4. The van der Waals surface area contributed by atoms with Crippen LogP contribution in [0.1, 0.15) is 55.4 Å². The number of ether oxygens (including phenoxy) is 2. The molecule has 0 radical (unpaired) electrons. The minimum atomic E-state index is -0.325. The molecule has 0 aromatic heterocycles. The van der Waals surface area contributed by atoms with Crippen LogP contribution in [0, 0.1) is 0 Å². The molecule has 0 spiro atoms. The molecule has 15 heteroatoms. The molecule has 0 aromatic carbocycles. The summed E-state index contributed by atoms with van der Waals surface area (Å²) in [6, 6.07) is 1.68. The fourth-order valence-corrected chi connectivity index (χ4v) is 2.74. The predicted octanol–water partition coefficient (Wildman–Crippen LogP) is 2.43. The number of rotatable bonds is 8. The van der Waals surface area contributed by atoms with Crippen molar-refractivity contribution in [2.45, 2.75) is 105 Å². The van der Waals surface area contributed by atoms with Gasteiger partial charge in [-0.15, -0.1) is 0 Å². The monoisotopic (exact) mass is 584 g/mol. The van der Waals surface area contributed by atoms with E-state index in [1.807, 2.05) is 27.7 Å². The third kappa shape index (κ3) is 17.6. The normalized spacial score (nSPS) is 25.5. The van der Waals surface area contributed by atoms with Gasteiger partial charge in [-0.3, -0.25) is 21.3 Å². The van der Waals surface area contributed by atoms with Crippen LogP contribution in [0.2, 0.25) is 0 Å². The van der Waals surface area contributed by atoms with Crippen LogP contribution in [0.25, 0.3) is 10.6 Å². The Morgan fingerprint density at radius 2 is 1.51 bits per heavy atom. The number of guanidine groups is 1. The fraction of sp³-hybridized carbons (Fsp3) is 0.900. The molecule has 1 fully saturated rings. The molecule has 35 heavy (non-hydrogen) atoms. The molecule has 4 unspecified atom stereocenters. The first kappa shape index (κ1) is 34.5. The van der Waals surface area contributed by atoms with Crippen LogP contribution in [-0.2, 0) is 22.1 Å². The van der Waals surface area contributed by atoms with Crippen LogP contribution >= 0.6 is 20.4 Å². The van der Waals surface area contributed by atoms with E-state index in [2.05, 4.69) is 80.2 Å². The number of aliphatic imine (C=N–C) groups is 2. The topological polar surface area (TPSA) is 144 Å². The summed E-state index contributed by atoms with van der Waals surface area (Å²) in [7, 11) is 12.6. The quantitative estimate of drug-likeness (QED) is 0.238. The van der Waals surface area contributed by atoms with Crippen molar-refractivity contribution in [1.29, 1.82) is 0 Å². The van der Waals surface area contributed by atoms with Crippen molar-refractivity contribution >= 4 is 32.4 Å². The van der Waals surface area contributed by atoms with Crippen LogP contribution in [0.3, 0.4) is 0 Å². The third-order valence-electron chi connectivity index (χ3n) is 3.89. The van der Waals surface area contributed by atoms with Crippen molar-refractivity contribution in [3.63, 3.8) is 0 Å². The molecular weight excluding hydrogens is 542 g/mol. The van der Waals surface area contributed by atoms with Gasteiger partial charge in [0, 0.05) is 37.5 Å². The van der Waals surface area contributed by atoms with E-state index in [1.54, 1.807) is 14.2 Å². The van der Waals surface area contributed by atoms with Gasteiger partial charge in [-0.25, -0.2) is 4.99 Å². The van der Waals surface area contributed by atoms with Crippen LogP contribution < -0.4 is 31.9 Å². The summed E-state index contributed by atoms with van der Waals surface area (Å²) in [6.45, 7) is 16.4. The van der Waals surface area contributed by atoms with Crippen molar-refractivity contribution in [2.75, 3.05) is 14.2 Å². The van der Waals surface area contributed by atoms with Gasteiger partial charge in [0.15, 0.2) is 0 Å². The Kier molecular flexibility index (Phi) is 19.4. The first-order valence-corrected chi connectivity index (χ1v) is 14.2. The van der Waals surface area contributed by atoms with E-state index in [1.165, 1.54) is 0 Å². The number of hydrogen-bond acceptors (Lipinski definition) is 9. The molecule has 0 amide bonds. The second kappa shape index (κ2) is 19.6. The molecule has 12 nitrogen and oxygen atoms in total. The second-order valence-electron chi connectivity index (χ2n) is 8.73. The van der Waals surface area contributed by atoms with E-state index in [-0.39, 0.29) is 31.3 Å². The third-order valence-corrected chi connectivity index (χ3v) is 3.89. The Labute approximate surface area is 225 Å². The molecule has 1 saturated heterocycles. The summed E-state index contributed by atoms with van der Waals surface area (Å²) in [4.78, 5) is 8.55. The van der Waals surface area contributed by atoms with Crippen LogP contribution in [0.5, 0.6) is 0 Å². The van der Waals surface area contributed by atoms with Gasteiger partial charge >= 0.3 is 33.0 Å². The van der Waals surface area contributed by atoms with E-state index in [4.69, 9.17) is 29.9 Å². The Bertz CT molecular complexity index is 596. The molecule has 2 rings (SSSR count). The molecule has 2 heterocycles. The molecule has 4 atom stereocenters. The number of nitrogens with zero attached hydrogens (tertiary/aromatic N) is 4. The van der Waals surface area contributed by atoms with Crippen molar-refractivity contribution in [1.82, 2.24) is 31.9 Å². The van der Waals surface area contributed by atoms with Gasteiger partial charge in [-0.05, 0) is 40.0 Å². The zero-order valence-corrected chi connectivity index (χ0v) is 24.8. The van der Waals surface area contributed by atoms with Crippen molar-refractivity contribution in [2.24, 2.45) is 9.98 Å². The van der Waals surface area contributed by atoms with Gasteiger partial charge in [0.1, 0.15) is 12.6 Å². The minimum absolute atomic E-state index is 0.00120. The summed E-state index contributed by atoms with van der Waals surface area (Å²) >= 11 is 0.569. The molecule has 0 saturated carbocycles. The Balaban J connectivity index is 0.000000594. The maximum absolute atomic E-state index is 5.22. The van der Waals surface area contributed by atoms with E-state index in [9.17, 15) is 0 Å². The van der Waals surface area contributed by atoms with E-state index in [0.29, 0.717) is 42.8 Å². The number of halogens is 2. The average molecular weight is 586 g/mol. The Morgan fingerprint density at radius 1 is 0.943 bits per heavy atom. The molecule has 2 aliphatic heterocycles. The summed E-state index contributed by atoms with van der Waals surface area (Å²) in [5, 5.41) is 28.0. The Morgan fingerprint density at radius 3 is 1.97 bits per heavy atom. The van der Waals surface area contributed by atoms with Crippen molar-refractivity contribution in [3.05, 3.63) is 10.6 Å². The zero-order chi connectivity index (χ0) is 27.0. The molecule has 0 aliphatic carbocycles. The van der Waals surface area contributed by atoms with Gasteiger partial charge in [0.25, 0.3) is 0 Å². The summed E-state index contributed by atoms with van der Waals surface area (Å²) < 4.78 is 10.3.